The van der Waals surface area contributed by atoms with Crippen molar-refractivity contribution < 1.29 is 24.2 Å². The van der Waals surface area contributed by atoms with Crippen LogP contribution >= 0.6 is 11.3 Å². The first-order chi connectivity index (χ1) is 13.3. The van der Waals surface area contributed by atoms with Gasteiger partial charge in [-0.1, -0.05) is 18.1 Å². The number of rotatable bonds is 6. The highest BCUT2D eigenvalue weighted by Crippen LogP contribution is 2.41. The van der Waals surface area contributed by atoms with E-state index < -0.39 is 23.8 Å². The van der Waals surface area contributed by atoms with Gasteiger partial charge in [-0.15, -0.1) is 11.3 Å². The number of hydrogen-bond acceptors (Lipinski definition) is 6. The minimum Gasteiger partial charge on any atom is -0.550 e. The molecule has 6 nitrogen and oxygen atoms in total. The normalized spacial score (nSPS) is 21.4. The Hall–Kier alpha value is -2.15. The summed E-state index contributed by atoms with van der Waals surface area (Å²) in [5, 5.41) is 14.9. The molecule has 1 amide bonds. The van der Waals surface area contributed by atoms with E-state index in [9.17, 15) is 19.5 Å². The summed E-state index contributed by atoms with van der Waals surface area (Å²) in [5.41, 5.74) is 3.45. The standard InChI is InChI=1S/C21H27NO5S/c1-4-8-27-21(26)17-13-6-5-7-16(13)28-19(17)22-18(23)14-9-11(2)12(3)10-15(14)20(24)25/h14-15H,4-10H2,1-3H3,(H,22,23)(H,24,25)/p-1/t14-,15+/m1/s1. The van der Waals surface area contributed by atoms with E-state index in [1.165, 1.54) is 11.3 Å². The number of anilines is 1. The van der Waals surface area contributed by atoms with Crippen molar-refractivity contribution in [3.8, 4) is 0 Å². The third-order valence-electron chi connectivity index (χ3n) is 5.71. The molecular formula is C21H26NO5S-. The Kier molecular flexibility index (Phi) is 6.23. The molecule has 1 N–H and O–H groups in total. The van der Waals surface area contributed by atoms with Gasteiger partial charge in [0, 0.05) is 16.8 Å². The molecule has 2 aliphatic rings. The van der Waals surface area contributed by atoms with E-state index in [1.807, 2.05) is 20.8 Å². The van der Waals surface area contributed by atoms with Gasteiger partial charge in [-0.3, -0.25) is 4.79 Å². The Morgan fingerprint density at radius 3 is 2.46 bits per heavy atom. The van der Waals surface area contributed by atoms with Gasteiger partial charge in [0.25, 0.3) is 0 Å². The molecule has 0 aliphatic heterocycles. The second kappa shape index (κ2) is 8.47. The van der Waals surface area contributed by atoms with Crippen LogP contribution in [0.25, 0.3) is 0 Å². The number of nitrogens with one attached hydrogen (secondary N) is 1. The Labute approximate surface area is 169 Å². The monoisotopic (exact) mass is 404 g/mol. The maximum absolute atomic E-state index is 13.0. The number of aliphatic carboxylic acids is 1. The molecule has 0 unspecified atom stereocenters. The fraction of sp³-hybridized carbons (Fsp3) is 0.571. The average Bonchev–Trinajstić information content (AvgIpc) is 3.21. The average molecular weight is 405 g/mol. The van der Waals surface area contributed by atoms with E-state index in [1.54, 1.807) is 0 Å². The van der Waals surface area contributed by atoms with Gasteiger partial charge in [-0.05, 0) is 57.9 Å². The molecule has 7 heteroatoms. The van der Waals surface area contributed by atoms with Crippen LogP contribution in [-0.2, 0) is 27.2 Å². The lowest BCUT2D eigenvalue weighted by atomic mass is 9.76. The van der Waals surface area contributed by atoms with Crippen LogP contribution in [0.15, 0.2) is 11.1 Å². The molecule has 1 aromatic heterocycles. The summed E-state index contributed by atoms with van der Waals surface area (Å²) in [7, 11) is 0. The quantitative estimate of drug-likeness (QED) is 0.581. The predicted molar refractivity (Wildman–Crippen MR) is 105 cm³/mol. The maximum Gasteiger partial charge on any atom is 0.341 e. The van der Waals surface area contributed by atoms with Crippen molar-refractivity contribution in [1.29, 1.82) is 0 Å². The Morgan fingerprint density at radius 1 is 1.14 bits per heavy atom. The lowest BCUT2D eigenvalue weighted by Gasteiger charge is -2.32. The summed E-state index contributed by atoms with van der Waals surface area (Å²) in [4.78, 5) is 38.3. The van der Waals surface area contributed by atoms with Gasteiger partial charge in [0.05, 0.1) is 18.1 Å². The van der Waals surface area contributed by atoms with Crippen LogP contribution < -0.4 is 10.4 Å². The first-order valence-corrected chi connectivity index (χ1v) is 10.6. The van der Waals surface area contributed by atoms with Crippen molar-refractivity contribution in [3.05, 3.63) is 27.2 Å². The molecule has 0 radical (unpaired) electrons. The zero-order valence-electron chi connectivity index (χ0n) is 16.6. The van der Waals surface area contributed by atoms with Gasteiger partial charge < -0.3 is 20.0 Å². The minimum atomic E-state index is -1.21. The van der Waals surface area contributed by atoms with Crippen LogP contribution in [0.4, 0.5) is 5.00 Å². The Morgan fingerprint density at radius 2 is 1.82 bits per heavy atom. The smallest absolute Gasteiger partial charge is 0.341 e. The number of carboxylic acids is 1. The molecule has 152 valence electrons. The third kappa shape index (κ3) is 3.99. The van der Waals surface area contributed by atoms with E-state index in [-0.39, 0.29) is 5.91 Å². The third-order valence-corrected chi connectivity index (χ3v) is 6.91. The lowest BCUT2D eigenvalue weighted by molar-refractivity contribution is -0.313. The van der Waals surface area contributed by atoms with E-state index in [0.29, 0.717) is 30.0 Å². The summed E-state index contributed by atoms with van der Waals surface area (Å²) in [5.74, 6) is -3.55. The molecule has 1 aromatic rings. The van der Waals surface area contributed by atoms with Crippen molar-refractivity contribution in [3.63, 3.8) is 0 Å². The molecule has 0 bridgehead atoms. The molecule has 3 rings (SSSR count). The van der Waals surface area contributed by atoms with Crippen LogP contribution in [0.2, 0.25) is 0 Å². The topological polar surface area (TPSA) is 95.5 Å². The summed E-state index contributed by atoms with van der Waals surface area (Å²) >= 11 is 1.41. The van der Waals surface area contributed by atoms with Crippen molar-refractivity contribution >= 4 is 34.2 Å². The molecule has 1 heterocycles. The number of amides is 1. The summed E-state index contributed by atoms with van der Waals surface area (Å²) < 4.78 is 5.32. The number of carbonyl (C=O) groups excluding carboxylic acids is 3. The van der Waals surface area contributed by atoms with Gasteiger partial charge in [0.2, 0.25) is 5.91 Å². The van der Waals surface area contributed by atoms with Gasteiger partial charge in [0.15, 0.2) is 0 Å². The van der Waals surface area contributed by atoms with E-state index >= 15 is 0 Å². The number of carboxylic acid groups (broad SMARTS) is 1. The van der Waals surface area contributed by atoms with Gasteiger partial charge in [-0.25, -0.2) is 4.79 Å². The first-order valence-electron chi connectivity index (χ1n) is 9.82. The summed E-state index contributed by atoms with van der Waals surface area (Å²) in [6.45, 7) is 6.07. The highest BCUT2D eigenvalue weighted by molar-refractivity contribution is 7.17. The molecule has 0 saturated carbocycles. The number of thiophene rings is 1. The van der Waals surface area contributed by atoms with Gasteiger partial charge in [-0.2, -0.15) is 0 Å². The molecule has 0 aromatic carbocycles. The molecule has 28 heavy (non-hydrogen) atoms. The van der Waals surface area contributed by atoms with E-state index in [4.69, 9.17) is 4.74 Å². The highest BCUT2D eigenvalue weighted by atomic mass is 32.1. The van der Waals surface area contributed by atoms with Crippen LogP contribution in [0.1, 0.15) is 67.3 Å². The number of esters is 1. The number of ether oxygens (including phenoxy) is 1. The first kappa shape index (κ1) is 20.6. The SMILES string of the molecule is CCCOC(=O)c1c(NC(=O)[C@@H]2CC(C)=C(C)C[C@@H]2C(=O)[O-])sc2c1CCC2. The Bertz CT molecular complexity index is 838. The second-order valence-corrected chi connectivity index (χ2v) is 8.79. The fourth-order valence-electron chi connectivity index (χ4n) is 4.00. The zero-order valence-corrected chi connectivity index (χ0v) is 17.4. The van der Waals surface area contributed by atoms with Gasteiger partial charge in [0.1, 0.15) is 5.00 Å². The number of fused-ring (bicyclic) bond motifs is 1. The van der Waals surface area contributed by atoms with E-state index in [2.05, 4.69) is 5.32 Å². The maximum atomic E-state index is 13.0. The second-order valence-electron chi connectivity index (χ2n) is 7.69. The molecule has 2 aliphatic carbocycles. The van der Waals surface area contributed by atoms with Crippen LogP contribution in [0.5, 0.6) is 0 Å². The molecule has 0 saturated heterocycles. The van der Waals surface area contributed by atoms with Crippen LogP contribution in [0.3, 0.4) is 0 Å². The minimum absolute atomic E-state index is 0.318. The van der Waals surface area contributed by atoms with Gasteiger partial charge >= 0.3 is 5.97 Å². The molecule has 0 spiro atoms. The Balaban J connectivity index is 1.86. The number of hydrogen-bond donors (Lipinski definition) is 1. The molecule has 0 fully saturated rings. The molecule has 2 atom stereocenters. The van der Waals surface area contributed by atoms with Crippen LogP contribution in [-0.4, -0.2) is 24.5 Å². The van der Waals surface area contributed by atoms with Crippen molar-refractivity contribution in [2.75, 3.05) is 11.9 Å². The fourth-order valence-corrected chi connectivity index (χ4v) is 5.28. The van der Waals surface area contributed by atoms with Crippen molar-refractivity contribution in [1.82, 2.24) is 0 Å². The van der Waals surface area contributed by atoms with Crippen LogP contribution in [0, 0.1) is 11.8 Å². The summed E-state index contributed by atoms with van der Waals surface area (Å²) in [6, 6.07) is 0. The van der Waals surface area contributed by atoms with E-state index in [0.717, 1.165) is 47.3 Å². The number of allylic oxidation sites excluding steroid dienone is 2. The number of aryl methyl sites for hydroxylation is 1. The largest absolute Gasteiger partial charge is 0.550 e. The zero-order chi connectivity index (χ0) is 20.4. The number of carbonyl (C=O) groups is 3. The lowest BCUT2D eigenvalue weighted by Crippen LogP contribution is -2.42. The molecular weight excluding hydrogens is 378 g/mol. The summed E-state index contributed by atoms with van der Waals surface area (Å²) in [6.07, 6.45) is 4.10. The predicted octanol–water partition coefficient (Wildman–Crippen LogP) is 2.85. The van der Waals surface area contributed by atoms with Crippen molar-refractivity contribution in [2.45, 2.75) is 59.3 Å². The van der Waals surface area contributed by atoms with Crippen molar-refractivity contribution in [2.24, 2.45) is 11.8 Å². The highest BCUT2D eigenvalue weighted by Gasteiger charge is 2.35.